The molecule has 0 amide bonds. The van der Waals surface area contributed by atoms with Crippen molar-refractivity contribution < 1.29 is 9.47 Å². The minimum Gasteiger partial charge on any atom is -0.450 e. The first-order valence-electron chi connectivity index (χ1n) is 10.2. The van der Waals surface area contributed by atoms with Gasteiger partial charge in [0.15, 0.2) is 0 Å². The number of anilines is 2. The van der Waals surface area contributed by atoms with Gasteiger partial charge in [0.1, 0.15) is 11.5 Å². The van der Waals surface area contributed by atoms with Crippen LogP contribution in [0, 0.1) is 5.41 Å². The number of hydrogen-bond acceptors (Lipinski definition) is 4. The summed E-state index contributed by atoms with van der Waals surface area (Å²) >= 11 is 0. The van der Waals surface area contributed by atoms with Crippen LogP contribution in [0.3, 0.4) is 0 Å². The lowest BCUT2D eigenvalue weighted by Crippen LogP contribution is -2.48. The molecule has 3 aromatic rings. The van der Waals surface area contributed by atoms with Crippen LogP contribution in [0.2, 0.25) is 0 Å². The zero-order chi connectivity index (χ0) is 21.2. The van der Waals surface area contributed by atoms with Crippen molar-refractivity contribution >= 4 is 16.9 Å². The molecule has 4 N–H and O–H groups in total. The Kier molecular flexibility index (Phi) is 5.17. The number of ether oxygens (including phenoxy) is 2. The Labute approximate surface area is 178 Å². The fourth-order valence-corrected chi connectivity index (χ4v) is 4.22. The van der Waals surface area contributed by atoms with E-state index in [1.807, 2.05) is 54.6 Å². The molecule has 0 saturated heterocycles. The number of benzene rings is 3. The van der Waals surface area contributed by atoms with Gasteiger partial charge < -0.3 is 20.9 Å². The van der Waals surface area contributed by atoms with Crippen molar-refractivity contribution in [3.05, 3.63) is 90.5 Å². The quantitative estimate of drug-likeness (QED) is 0.413. The van der Waals surface area contributed by atoms with Crippen LogP contribution >= 0.6 is 0 Å². The monoisotopic (exact) mass is 400 g/mol. The molecule has 4 heteroatoms. The van der Waals surface area contributed by atoms with Crippen LogP contribution in [0.25, 0.3) is 5.57 Å². The molecule has 0 spiro atoms. The SMILES string of the molecule is CC1(C)CC(Oc2ccccc2N)(Oc2ccccc2N)CC=C1c1ccccc1. The first-order chi connectivity index (χ1) is 14.4. The van der Waals surface area contributed by atoms with Gasteiger partial charge in [-0.2, -0.15) is 0 Å². The van der Waals surface area contributed by atoms with Gasteiger partial charge in [-0.25, -0.2) is 0 Å². The summed E-state index contributed by atoms with van der Waals surface area (Å²) in [6.45, 7) is 4.43. The maximum Gasteiger partial charge on any atom is 0.255 e. The van der Waals surface area contributed by atoms with E-state index in [4.69, 9.17) is 20.9 Å². The topological polar surface area (TPSA) is 70.5 Å². The molecule has 0 heterocycles. The third-order valence-corrected chi connectivity index (χ3v) is 5.57. The van der Waals surface area contributed by atoms with Crippen molar-refractivity contribution in [2.45, 2.75) is 32.5 Å². The molecule has 0 unspecified atom stereocenters. The molecule has 0 aromatic heterocycles. The summed E-state index contributed by atoms with van der Waals surface area (Å²) in [6, 6.07) is 25.5. The Morgan fingerprint density at radius 3 is 1.70 bits per heavy atom. The largest absolute Gasteiger partial charge is 0.450 e. The van der Waals surface area contributed by atoms with E-state index in [0.717, 1.165) is 0 Å². The summed E-state index contributed by atoms with van der Waals surface area (Å²) in [6.07, 6.45) is 3.43. The highest BCUT2D eigenvalue weighted by atomic mass is 16.7. The number of para-hydroxylation sites is 4. The number of rotatable bonds is 5. The number of nitrogens with two attached hydrogens (primary N) is 2. The lowest BCUT2D eigenvalue weighted by molar-refractivity contribution is -0.133. The second-order valence-electron chi connectivity index (χ2n) is 8.44. The van der Waals surface area contributed by atoms with Gasteiger partial charge in [0.05, 0.1) is 11.4 Å². The predicted molar refractivity (Wildman–Crippen MR) is 123 cm³/mol. The molecule has 1 aliphatic carbocycles. The number of nitrogen functional groups attached to an aromatic ring is 2. The van der Waals surface area contributed by atoms with Gasteiger partial charge in [0.2, 0.25) is 0 Å². The average Bonchev–Trinajstić information content (AvgIpc) is 2.72. The van der Waals surface area contributed by atoms with E-state index in [1.165, 1.54) is 11.1 Å². The van der Waals surface area contributed by atoms with Crippen molar-refractivity contribution in [3.63, 3.8) is 0 Å². The molecule has 0 fully saturated rings. The van der Waals surface area contributed by atoms with Gasteiger partial charge in [-0.3, -0.25) is 0 Å². The average molecular weight is 401 g/mol. The van der Waals surface area contributed by atoms with Gasteiger partial charge in [0.25, 0.3) is 5.79 Å². The molecule has 4 nitrogen and oxygen atoms in total. The first-order valence-corrected chi connectivity index (χ1v) is 10.2. The Bertz CT molecular complexity index is 1010. The molecular weight excluding hydrogens is 372 g/mol. The molecule has 4 rings (SSSR count). The van der Waals surface area contributed by atoms with E-state index in [0.29, 0.717) is 35.7 Å². The Morgan fingerprint density at radius 2 is 1.20 bits per heavy atom. The molecule has 0 aliphatic heterocycles. The van der Waals surface area contributed by atoms with E-state index in [2.05, 4.69) is 44.2 Å². The minimum atomic E-state index is -0.924. The summed E-state index contributed by atoms with van der Waals surface area (Å²) in [4.78, 5) is 0. The maximum atomic E-state index is 6.51. The van der Waals surface area contributed by atoms with Gasteiger partial charge in [-0.05, 0) is 40.8 Å². The molecule has 0 saturated carbocycles. The Morgan fingerprint density at radius 1 is 0.700 bits per heavy atom. The summed E-state index contributed by atoms with van der Waals surface area (Å²) in [5.74, 6) is 0.297. The van der Waals surface area contributed by atoms with Crippen LogP contribution in [0.15, 0.2) is 84.9 Å². The summed E-state index contributed by atoms with van der Waals surface area (Å²) in [7, 11) is 0. The molecule has 3 aromatic carbocycles. The minimum absolute atomic E-state index is 0.188. The van der Waals surface area contributed by atoms with Crippen LogP contribution in [-0.4, -0.2) is 5.79 Å². The van der Waals surface area contributed by atoms with Crippen molar-refractivity contribution in [2.24, 2.45) is 5.41 Å². The molecule has 154 valence electrons. The predicted octanol–water partition coefficient (Wildman–Crippen LogP) is 5.91. The van der Waals surface area contributed by atoms with E-state index in [9.17, 15) is 0 Å². The van der Waals surface area contributed by atoms with E-state index < -0.39 is 5.79 Å². The summed E-state index contributed by atoms with van der Waals surface area (Å²) in [5.41, 5.74) is 15.8. The summed E-state index contributed by atoms with van der Waals surface area (Å²) in [5, 5.41) is 0. The van der Waals surface area contributed by atoms with E-state index in [-0.39, 0.29) is 5.41 Å². The van der Waals surface area contributed by atoms with Gasteiger partial charge in [-0.1, -0.05) is 74.5 Å². The number of hydrogen-bond donors (Lipinski definition) is 2. The van der Waals surface area contributed by atoms with E-state index >= 15 is 0 Å². The second-order valence-corrected chi connectivity index (χ2v) is 8.44. The zero-order valence-electron chi connectivity index (χ0n) is 17.5. The van der Waals surface area contributed by atoms with Crippen LogP contribution in [0.1, 0.15) is 32.3 Å². The highest BCUT2D eigenvalue weighted by Crippen LogP contribution is 2.49. The fourth-order valence-electron chi connectivity index (χ4n) is 4.22. The van der Waals surface area contributed by atoms with Crippen LogP contribution < -0.4 is 20.9 Å². The van der Waals surface area contributed by atoms with Crippen molar-refractivity contribution in [2.75, 3.05) is 11.5 Å². The maximum absolute atomic E-state index is 6.51. The van der Waals surface area contributed by atoms with Crippen LogP contribution in [0.4, 0.5) is 11.4 Å². The standard InChI is InChI=1S/C26H28N2O2/c1-25(2)18-26(29-23-14-8-6-12-21(23)27,30-24-15-9-7-13-22(24)28)17-16-20(25)19-10-4-3-5-11-19/h3-16H,17-18,27-28H2,1-2H3. The lowest BCUT2D eigenvalue weighted by atomic mass is 9.70. The zero-order valence-corrected chi connectivity index (χ0v) is 17.5. The third kappa shape index (κ3) is 3.99. The molecule has 0 bridgehead atoms. The van der Waals surface area contributed by atoms with Gasteiger partial charge in [0, 0.05) is 12.8 Å². The van der Waals surface area contributed by atoms with Crippen molar-refractivity contribution in [1.29, 1.82) is 0 Å². The van der Waals surface area contributed by atoms with Gasteiger partial charge >= 0.3 is 0 Å². The highest BCUT2D eigenvalue weighted by Gasteiger charge is 2.46. The second kappa shape index (κ2) is 7.79. The molecular formula is C26H28N2O2. The van der Waals surface area contributed by atoms with Gasteiger partial charge in [-0.15, -0.1) is 0 Å². The molecule has 30 heavy (non-hydrogen) atoms. The first kappa shape index (κ1) is 19.9. The lowest BCUT2D eigenvalue weighted by Gasteiger charge is -2.44. The molecule has 0 atom stereocenters. The molecule has 1 aliphatic rings. The fraction of sp³-hybridized carbons (Fsp3) is 0.231. The Hall–Kier alpha value is -3.40. The van der Waals surface area contributed by atoms with Crippen LogP contribution in [-0.2, 0) is 0 Å². The number of allylic oxidation sites excluding steroid dienone is 1. The van der Waals surface area contributed by atoms with Crippen molar-refractivity contribution in [1.82, 2.24) is 0 Å². The van der Waals surface area contributed by atoms with Crippen molar-refractivity contribution in [3.8, 4) is 11.5 Å². The van der Waals surface area contributed by atoms with Crippen LogP contribution in [0.5, 0.6) is 11.5 Å². The van der Waals surface area contributed by atoms with E-state index in [1.54, 1.807) is 0 Å². The third-order valence-electron chi connectivity index (χ3n) is 5.57. The normalized spacial score (nSPS) is 17.1. The smallest absolute Gasteiger partial charge is 0.255 e. The summed E-state index contributed by atoms with van der Waals surface area (Å²) < 4.78 is 13.0. The Balaban J connectivity index is 1.75. The molecule has 0 radical (unpaired) electrons. The highest BCUT2D eigenvalue weighted by molar-refractivity contribution is 5.71.